The molecule has 0 unspecified atom stereocenters. The number of fused-ring (bicyclic) bond motifs is 2. The molecular formula is C61H76ClFN14O9. The first-order chi connectivity index (χ1) is 40.9. The largest absolute Gasteiger partial charge is 0.496 e. The summed E-state index contributed by atoms with van der Waals surface area (Å²) in [5.74, 6) is -2.05. The number of imide groups is 2. The highest BCUT2D eigenvalue weighted by molar-refractivity contribution is 6.32. The van der Waals surface area contributed by atoms with E-state index in [-0.39, 0.29) is 31.1 Å². The Kier molecular flexibility index (Phi) is 20.4. The van der Waals surface area contributed by atoms with Crippen molar-refractivity contribution in [2.24, 2.45) is 10.8 Å². The zero-order valence-electron chi connectivity index (χ0n) is 50.0. The third-order valence-corrected chi connectivity index (χ3v) is 16.4. The number of ether oxygens (including phenoxy) is 3. The van der Waals surface area contributed by atoms with Gasteiger partial charge in [0.1, 0.15) is 78.1 Å². The van der Waals surface area contributed by atoms with Crippen LogP contribution in [0.1, 0.15) is 83.9 Å². The number of hydrazine groups is 1. The van der Waals surface area contributed by atoms with Crippen LogP contribution in [0.3, 0.4) is 0 Å². The van der Waals surface area contributed by atoms with Gasteiger partial charge in [-0.05, 0) is 136 Å². The Labute approximate surface area is 503 Å². The van der Waals surface area contributed by atoms with Crippen LogP contribution in [0.15, 0.2) is 79.4 Å². The lowest BCUT2D eigenvalue weighted by Crippen LogP contribution is -2.62. The van der Waals surface area contributed by atoms with Crippen molar-refractivity contribution in [1.29, 1.82) is 0 Å². The summed E-state index contributed by atoms with van der Waals surface area (Å²) in [6, 6.07) is 12.7. The van der Waals surface area contributed by atoms with Crippen LogP contribution in [0.5, 0.6) is 17.2 Å². The molecule has 8 rings (SSSR count). The van der Waals surface area contributed by atoms with Crippen LogP contribution >= 0.6 is 11.6 Å². The number of benzene rings is 4. The summed E-state index contributed by atoms with van der Waals surface area (Å²) in [6.07, 6.45) is 4.89. The third kappa shape index (κ3) is 14.7. The highest BCUT2D eigenvalue weighted by Crippen LogP contribution is 2.38. The molecule has 6 aromatic rings. The average Bonchev–Trinajstić information content (AvgIpc) is 2.06. The van der Waals surface area contributed by atoms with E-state index in [1.807, 2.05) is 6.07 Å². The molecule has 2 aliphatic heterocycles. The van der Waals surface area contributed by atoms with Gasteiger partial charge in [0, 0.05) is 41.7 Å². The lowest BCUT2D eigenvalue weighted by atomic mass is 9.77. The standard InChI is InChI=1S/C61H76ClFN14O9/c1-33(65-7)54(78)72-50(60(3,4)28-36-23-40-43(26-48(36)84-9)67-31-69-52(40)64)58(82)74-56(80)45-16-12-20-76(45)77-21-13-17-46(77)57(81)75-59(83)51(73-55(79)34(2)66-8)61(5,6)29-37-24-41-44(27-49(37)85-10)68-32-70-53(41)71-39-18-19-47(42(62)25-39)86-30-35-14-11-15-38(63)22-35/h11,14-15,18-19,22-27,31-34,45-46,50-51,65-66H,12-13,16-17,20-21,28-30H2,1-10H3,(H,72,78)(H,73,79)(H2,64,67,69)(H,68,70,71)(H,74,80,82)(H,75,81,83)/t33-,34-,45-,46-,50+,51+/m0/s1. The molecule has 6 amide bonds. The first-order valence-corrected chi connectivity index (χ1v) is 28.8. The highest BCUT2D eigenvalue weighted by Gasteiger charge is 2.46. The van der Waals surface area contributed by atoms with Gasteiger partial charge in [-0.15, -0.1) is 0 Å². The lowest BCUT2D eigenvalue weighted by Gasteiger charge is -2.38. The zero-order valence-corrected chi connectivity index (χ0v) is 50.8. The number of halogens is 2. The SMILES string of the molecule is CN[C@@H](C)C(=O)N[C@H](C(=O)NC(=O)[C@@H]1CCCN1N1CCC[C@H]1C(=O)NC(=O)[C@@H](NC(=O)[C@H](C)NC)C(C)(C)Cc1cc2c(Nc3ccc(OCc4cccc(F)c4)c(Cl)c3)ncnc2cc1OC)C(C)(C)Cc1cc2c(N)ncnc2cc1OC. The molecule has 9 N–H and O–H groups in total. The minimum Gasteiger partial charge on any atom is -0.496 e. The molecule has 86 heavy (non-hydrogen) atoms. The molecule has 2 fully saturated rings. The first-order valence-electron chi connectivity index (χ1n) is 28.5. The van der Waals surface area contributed by atoms with Crippen LogP contribution in [-0.2, 0) is 48.2 Å². The van der Waals surface area contributed by atoms with Gasteiger partial charge in [0.2, 0.25) is 35.4 Å². The highest BCUT2D eigenvalue weighted by atomic mass is 35.5. The molecule has 0 bridgehead atoms. The summed E-state index contributed by atoms with van der Waals surface area (Å²) in [5.41, 5.74) is 7.71. The normalized spacial score (nSPS) is 17.1. The number of methoxy groups -OCH3 is 2. The molecule has 0 aliphatic carbocycles. The number of anilines is 3. The number of nitrogens with two attached hydrogens (primary N) is 1. The van der Waals surface area contributed by atoms with E-state index in [2.05, 4.69) is 57.2 Å². The van der Waals surface area contributed by atoms with E-state index in [0.717, 1.165) is 0 Å². The molecule has 458 valence electrons. The van der Waals surface area contributed by atoms with Gasteiger partial charge in [-0.2, -0.15) is 0 Å². The molecule has 2 aromatic heterocycles. The van der Waals surface area contributed by atoms with Gasteiger partial charge in [-0.1, -0.05) is 51.4 Å². The van der Waals surface area contributed by atoms with Crippen molar-refractivity contribution < 1.29 is 47.4 Å². The molecule has 2 aliphatic rings. The van der Waals surface area contributed by atoms with Gasteiger partial charge in [-0.25, -0.2) is 34.3 Å². The third-order valence-electron chi connectivity index (χ3n) is 16.1. The van der Waals surface area contributed by atoms with Gasteiger partial charge in [0.05, 0.1) is 42.4 Å². The maximum Gasteiger partial charge on any atom is 0.249 e. The van der Waals surface area contributed by atoms with E-state index < -0.39 is 82.5 Å². The number of hydrogen-bond donors (Lipinski definition) is 8. The molecule has 2 saturated heterocycles. The zero-order chi connectivity index (χ0) is 62.2. The van der Waals surface area contributed by atoms with Gasteiger partial charge < -0.3 is 46.5 Å². The number of nitrogens with one attached hydrogen (secondary N) is 7. The number of rotatable bonds is 24. The summed E-state index contributed by atoms with van der Waals surface area (Å²) in [4.78, 5) is 103. The lowest BCUT2D eigenvalue weighted by molar-refractivity contribution is -0.148. The number of nitrogen functional groups attached to an aromatic ring is 1. The van der Waals surface area contributed by atoms with Crippen molar-refractivity contribution in [2.45, 2.75) is 123 Å². The molecular weight excluding hydrogens is 1130 g/mol. The summed E-state index contributed by atoms with van der Waals surface area (Å²) >= 11 is 6.66. The fourth-order valence-electron chi connectivity index (χ4n) is 11.1. The summed E-state index contributed by atoms with van der Waals surface area (Å²) in [6.45, 7) is 11.4. The Morgan fingerprint density at radius 2 is 1.19 bits per heavy atom. The number of carbonyl (C=O) groups is 6. The van der Waals surface area contributed by atoms with Gasteiger partial charge in [0.25, 0.3) is 0 Å². The number of likely N-dealkylation sites (N-methyl/N-ethyl adjacent to an activating group) is 2. The van der Waals surface area contributed by atoms with Crippen LogP contribution in [-0.4, -0.2) is 143 Å². The van der Waals surface area contributed by atoms with E-state index in [0.29, 0.717) is 111 Å². The van der Waals surface area contributed by atoms with Gasteiger partial charge in [-0.3, -0.25) is 39.4 Å². The van der Waals surface area contributed by atoms with Crippen molar-refractivity contribution in [2.75, 3.05) is 52.5 Å². The van der Waals surface area contributed by atoms with Crippen molar-refractivity contribution >= 4 is 86.2 Å². The number of hydrogen-bond acceptors (Lipinski definition) is 19. The second-order valence-electron chi connectivity index (χ2n) is 23.1. The topological polar surface area (TPSA) is 298 Å². The van der Waals surface area contributed by atoms with Crippen LogP contribution in [0.2, 0.25) is 5.02 Å². The van der Waals surface area contributed by atoms with E-state index in [1.54, 1.807) is 114 Å². The van der Waals surface area contributed by atoms with Crippen LogP contribution in [0, 0.1) is 16.6 Å². The summed E-state index contributed by atoms with van der Waals surface area (Å²) < 4.78 is 31.3. The molecule has 0 saturated carbocycles. The maximum atomic E-state index is 14.8. The van der Waals surface area contributed by atoms with Crippen LogP contribution in [0.25, 0.3) is 21.8 Å². The number of nitrogens with zero attached hydrogens (tertiary/aromatic N) is 6. The molecule has 6 atom stereocenters. The quantitative estimate of drug-likeness (QED) is 0.0374. The summed E-state index contributed by atoms with van der Waals surface area (Å²) in [5, 5.41) is 25.2. The van der Waals surface area contributed by atoms with Crippen LogP contribution < -0.4 is 57.2 Å². The molecule has 0 spiro atoms. The van der Waals surface area contributed by atoms with Crippen molar-refractivity contribution in [3.63, 3.8) is 0 Å². The first kappa shape index (κ1) is 63.9. The second kappa shape index (κ2) is 27.5. The Balaban J connectivity index is 0.983. The fraction of sp³-hybridized carbons (Fsp3) is 0.443. The average molecular weight is 1200 g/mol. The molecule has 0 radical (unpaired) electrons. The maximum absolute atomic E-state index is 14.8. The number of amides is 6. The number of carbonyl (C=O) groups excluding carboxylic acids is 6. The van der Waals surface area contributed by atoms with Gasteiger partial charge >= 0.3 is 0 Å². The predicted molar refractivity (Wildman–Crippen MR) is 324 cm³/mol. The Morgan fingerprint density at radius 1 is 0.674 bits per heavy atom. The van der Waals surface area contributed by atoms with E-state index in [4.69, 9.17) is 31.5 Å². The van der Waals surface area contributed by atoms with Crippen LogP contribution in [0.4, 0.5) is 21.7 Å². The Morgan fingerprint density at radius 3 is 1.69 bits per heavy atom. The second-order valence-corrected chi connectivity index (χ2v) is 23.5. The van der Waals surface area contributed by atoms with E-state index >= 15 is 0 Å². The minimum atomic E-state index is -1.28. The predicted octanol–water partition coefficient (Wildman–Crippen LogP) is 5.44. The molecule has 23 nitrogen and oxygen atoms in total. The minimum absolute atomic E-state index is 0.106. The van der Waals surface area contributed by atoms with Gasteiger partial charge in [0.15, 0.2) is 0 Å². The Bertz CT molecular complexity index is 3520. The monoisotopic (exact) mass is 1200 g/mol. The van der Waals surface area contributed by atoms with E-state index in [9.17, 15) is 33.2 Å². The molecule has 4 heterocycles. The van der Waals surface area contributed by atoms with Crippen molar-refractivity contribution in [1.82, 2.24) is 61.9 Å². The smallest absolute Gasteiger partial charge is 0.249 e. The Hall–Kier alpha value is -8.16. The van der Waals surface area contributed by atoms with Crippen molar-refractivity contribution in [3.05, 3.63) is 107 Å². The fourth-order valence-corrected chi connectivity index (χ4v) is 11.3. The molecule has 25 heteroatoms. The molecule has 4 aromatic carbocycles. The van der Waals surface area contributed by atoms with E-state index in [1.165, 1.54) is 39.0 Å². The summed E-state index contributed by atoms with van der Waals surface area (Å²) in [7, 11) is 6.26. The van der Waals surface area contributed by atoms with Crippen molar-refractivity contribution in [3.8, 4) is 17.2 Å². The number of aromatic nitrogens is 4.